The average Bonchev–Trinajstić information content (AvgIpc) is 2.46. The van der Waals surface area contributed by atoms with Gasteiger partial charge >= 0.3 is 12.3 Å². The van der Waals surface area contributed by atoms with Crippen LogP contribution in [-0.4, -0.2) is 12.3 Å². The predicted molar refractivity (Wildman–Crippen MR) is 72.6 cm³/mol. The summed E-state index contributed by atoms with van der Waals surface area (Å²) >= 11 is 0. The van der Waals surface area contributed by atoms with Crippen LogP contribution in [0, 0.1) is 6.92 Å². The first-order chi connectivity index (χ1) is 10.2. The van der Waals surface area contributed by atoms with Gasteiger partial charge in [-0.15, -0.1) is 0 Å². The Morgan fingerprint density at radius 2 is 1.45 bits per heavy atom. The molecule has 0 atom stereocenters. The summed E-state index contributed by atoms with van der Waals surface area (Å²) < 4.78 is 66.1. The van der Waals surface area contributed by atoms with E-state index in [1.807, 2.05) is 6.07 Å². The van der Waals surface area contributed by atoms with Crippen molar-refractivity contribution in [2.24, 2.45) is 0 Å². The van der Waals surface area contributed by atoms with Gasteiger partial charge in [-0.1, -0.05) is 36.4 Å². The minimum Gasteiger partial charge on any atom is -0.426 e. The van der Waals surface area contributed by atoms with Crippen LogP contribution in [0.2, 0.25) is 0 Å². The SMILES string of the molecule is [CH2]Cc1cccc(-c2cccc(OC(F)(F)C(F)(F)F)c2)c1. The van der Waals surface area contributed by atoms with Crippen molar-refractivity contribution in [3.8, 4) is 16.9 Å². The van der Waals surface area contributed by atoms with E-state index in [0.29, 0.717) is 17.5 Å². The number of halogens is 5. The highest BCUT2D eigenvalue weighted by Crippen LogP contribution is 2.38. The maximum absolute atomic E-state index is 12.9. The number of ether oxygens (including phenoxy) is 1. The first kappa shape index (κ1) is 16.3. The fraction of sp³-hybridized carbons (Fsp3) is 0.188. The summed E-state index contributed by atoms with van der Waals surface area (Å²) in [6.45, 7) is 3.73. The molecule has 0 spiro atoms. The lowest BCUT2D eigenvalue weighted by Gasteiger charge is -2.20. The Kier molecular flexibility index (Phi) is 4.39. The Balaban J connectivity index is 2.31. The summed E-state index contributed by atoms with van der Waals surface area (Å²) in [5, 5.41) is 0. The van der Waals surface area contributed by atoms with Crippen LogP contribution in [0.15, 0.2) is 48.5 Å². The topological polar surface area (TPSA) is 9.23 Å². The van der Waals surface area contributed by atoms with Crippen LogP contribution >= 0.6 is 0 Å². The van der Waals surface area contributed by atoms with Gasteiger partial charge in [-0.2, -0.15) is 22.0 Å². The second kappa shape index (κ2) is 5.94. The third-order valence-corrected chi connectivity index (χ3v) is 2.96. The highest BCUT2D eigenvalue weighted by Gasteiger charge is 2.61. The van der Waals surface area contributed by atoms with E-state index in [4.69, 9.17) is 0 Å². The lowest BCUT2D eigenvalue weighted by molar-refractivity contribution is -0.360. The van der Waals surface area contributed by atoms with Crippen LogP contribution in [0.4, 0.5) is 22.0 Å². The first-order valence-electron chi connectivity index (χ1n) is 6.35. The Morgan fingerprint density at radius 3 is 2.05 bits per heavy atom. The lowest BCUT2D eigenvalue weighted by Crippen LogP contribution is -2.41. The van der Waals surface area contributed by atoms with Gasteiger partial charge in [0.15, 0.2) is 0 Å². The molecule has 2 aromatic rings. The average molecular weight is 315 g/mol. The summed E-state index contributed by atoms with van der Waals surface area (Å²) in [6.07, 6.45) is -10.5. The molecule has 0 saturated carbocycles. The normalized spacial score (nSPS) is 12.3. The number of hydrogen-bond donors (Lipinski definition) is 0. The molecule has 117 valence electrons. The molecule has 0 N–H and O–H groups in total. The van der Waals surface area contributed by atoms with Gasteiger partial charge in [-0.3, -0.25) is 0 Å². The van der Waals surface area contributed by atoms with Gasteiger partial charge in [0.05, 0.1) is 0 Å². The smallest absolute Gasteiger partial charge is 0.426 e. The molecule has 1 nitrogen and oxygen atoms in total. The van der Waals surface area contributed by atoms with Crippen molar-refractivity contribution in [2.75, 3.05) is 0 Å². The van der Waals surface area contributed by atoms with Crippen LogP contribution in [0.1, 0.15) is 5.56 Å². The van der Waals surface area contributed by atoms with Crippen LogP contribution < -0.4 is 4.74 Å². The maximum atomic E-state index is 12.9. The van der Waals surface area contributed by atoms with E-state index in [9.17, 15) is 22.0 Å². The van der Waals surface area contributed by atoms with Crippen molar-refractivity contribution >= 4 is 0 Å². The molecule has 0 aliphatic heterocycles. The van der Waals surface area contributed by atoms with E-state index in [1.54, 1.807) is 24.3 Å². The standard InChI is InChI=1S/C16H12F5O/c1-2-11-5-3-6-12(9-11)13-7-4-8-14(10-13)22-16(20,21)15(17,18)19/h3-10H,1-2H2. The van der Waals surface area contributed by atoms with Gasteiger partial charge in [-0.25, -0.2) is 0 Å². The quantitative estimate of drug-likeness (QED) is 0.699. The second-order valence-corrected chi connectivity index (χ2v) is 4.59. The molecule has 0 heterocycles. The summed E-state index contributed by atoms with van der Waals surface area (Å²) in [7, 11) is 0. The van der Waals surface area contributed by atoms with E-state index in [2.05, 4.69) is 11.7 Å². The summed E-state index contributed by atoms with van der Waals surface area (Å²) in [5.41, 5.74) is 2.08. The molecule has 0 fully saturated rings. The van der Waals surface area contributed by atoms with Crippen LogP contribution in [0.3, 0.4) is 0 Å². The molecule has 0 unspecified atom stereocenters. The third-order valence-electron chi connectivity index (χ3n) is 2.96. The number of rotatable bonds is 4. The molecule has 0 saturated heterocycles. The Hall–Kier alpha value is -2.11. The van der Waals surface area contributed by atoms with E-state index in [1.165, 1.54) is 6.07 Å². The third kappa shape index (κ3) is 3.55. The molecule has 6 heteroatoms. The zero-order valence-electron chi connectivity index (χ0n) is 11.3. The van der Waals surface area contributed by atoms with Gasteiger partial charge < -0.3 is 4.74 Å². The van der Waals surface area contributed by atoms with E-state index in [0.717, 1.165) is 17.7 Å². The molecule has 0 aromatic heterocycles. The van der Waals surface area contributed by atoms with Crippen LogP contribution in [0.25, 0.3) is 11.1 Å². The Labute approximate surface area is 124 Å². The Bertz CT molecular complexity index is 649. The number of benzene rings is 2. The zero-order valence-corrected chi connectivity index (χ0v) is 11.3. The van der Waals surface area contributed by atoms with E-state index >= 15 is 0 Å². The van der Waals surface area contributed by atoms with Crippen molar-refractivity contribution in [3.05, 3.63) is 61.0 Å². The predicted octanol–water partition coefficient (Wildman–Crippen LogP) is 5.26. The molecule has 22 heavy (non-hydrogen) atoms. The molecule has 2 aromatic carbocycles. The second-order valence-electron chi connectivity index (χ2n) is 4.59. The fourth-order valence-electron chi connectivity index (χ4n) is 1.85. The summed E-state index contributed by atoms with van der Waals surface area (Å²) in [5.74, 6) is -0.556. The van der Waals surface area contributed by atoms with Crippen molar-refractivity contribution in [2.45, 2.75) is 18.7 Å². The first-order valence-corrected chi connectivity index (χ1v) is 6.35. The van der Waals surface area contributed by atoms with Gasteiger partial charge in [0.25, 0.3) is 0 Å². The van der Waals surface area contributed by atoms with Gasteiger partial charge in [-0.05, 0) is 42.2 Å². The molecule has 1 radical (unpaired) electrons. The van der Waals surface area contributed by atoms with E-state index < -0.39 is 18.0 Å². The largest absolute Gasteiger partial charge is 0.499 e. The molecule has 0 amide bonds. The van der Waals surface area contributed by atoms with Gasteiger partial charge in [0.1, 0.15) is 5.75 Å². The molecule has 0 aliphatic carbocycles. The number of hydrogen-bond acceptors (Lipinski definition) is 1. The molecule has 0 aliphatic rings. The molecular weight excluding hydrogens is 303 g/mol. The van der Waals surface area contributed by atoms with Crippen LogP contribution in [-0.2, 0) is 6.42 Å². The van der Waals surface area contributed by atoms with Crippen molar-refractivity contribution in [1.29, 1.82) is 0 Å². The zero-order chi connectivity index (χ0) is 16.4. The van der Waals surface area contributed by atoms with Gasteiger partial charge in [0.2, 0.25) is 0 Å². The lowest BCUT2D eigenvalue weighted by atomic mass is 10.0. The van der Waals surface area contributed by atoms with Crippen molar-refractivity contribution in [3.63, 3.8) is 0 Å². The molecule has 2 rings (SSSR count). The fourth-order valence-corrected chi connectivity index (χ4v) is 1.85. The van der Waals surface area contributed by atoms with E-state index in [-0.39, 0.29) is 0 Å². The van der Waals surface area contributed by atoms with Crippen molar-refractivity contribution in [1.82, 2.24) is 0 Å². The number of alkyl halides is 5. The van der Waals surface area contributed by atoms with Gasteiger partial charge in [0, 0.05) is 0 Å². The summed E-state index contributed by atoms with van der Waals surface area (Å²) in [4.78, 5) is 0. The highest BCUT2D eigenvalue weighted by molar-refractivity contribution is 5.65. The van der Waals surface area contributed by atoms with Crippen LogP contribution in [0.5, 0.6) is 5.75 Å². The Morgan fingerprint density at radius 1 is 0.864 bits per heavy atom. The summed E-state index contributed by atoms with van der Waals surface area (Å²) in [6, 6.07) is 12.3. The highest BCUT2D eigenvalue weighted by atomic mass is 19.4. The monoisotopic (exact) mass is 315 g/mol. The molecular formula is C16H12F5O. The minimum atomic E-state index is -5.77. The maximum Gasteiger partial charge on any atom is 0.499 e. The molecule has 0 bridgehead atoms. The minimum absolute atomic E-state index is 0.478. The van der Waals surface area contributed by atoms with Crippen molar-refractivity contribution < 1.29 is 26.7 Å².